The second-order valence-corrected chi connectivity index (χ2v) is 8.60. The maximum absolute atomic E-state index is 12.5. The summed E-state index contributed by atoms with van der Waals surface area (Å²) < 4.78 is 22.3. The van der Waals surface area contributed by atoms with Crippen LogP contribution in [0.5, 0.6) is 11.5 Å². The van der Waals surface area contributed by atoms with Gasteiger partial charge in [0.15, 0.2) is 11.5 Å². The van der Waals surface area contributed by atoms with Gasteiger partial charge in [-0.1, -0.05) is 18.2 Å². The van der Waals surface area contributed by atoms with Gasteiger partial charge < -0.3 is 14.8 Å². The fraction of sp³-hybridized carbons (Fsp3) is 0.200. The molecule has 6 nitrogen and oxygen atoms in total. The van der Waals surface area contributed by atoms with E-state index in [1.807, 2.05) is 47.8 Å². The van der Waals surface area contributed by atoms with Gasteiger partial charge in [0.1, 0.15) is 5.01 Å². The van der Waals surface area contributed by atoms with Crippen molar-refractivity contribution in [1.82, 2.24) is 4.98 Å². The highest BCUT2D eigenvalue weighted by atomic mass is 32.2. The van der Waals surface area contributed by atoms with Gasteiger partial charge in [0.05, 0.1) is 17.9 Å². The lowest BCUT2D eigenvalue weighted by Crippen LogP contribution is -2.16. The number of anilines is 1. The first kappa shape index (κ1) is 18.6. The van der Waals surface area contributed by atoms with Gasteiger partial charge in [-0.15, -0.1) is 11.3 Å². The van der Waals surface area contributed by atoms with Crippen molar-refractivity contribution in [2.24, 2.45) is 0 Å². The summed E-state index contributed by atoms with van der Waals surface area (Å²) in [6.07, 6.45) is 1.82. The van der Waals surface area contributed by atoms with Gasteiger partial charge in [0.25, 0.3) is 0 Å². The third kappa shape index (κ3) is 4.23. The quantitative estimate of drug-likeness (QED) is 0.667. The summed E-state index contributed by atoms with van der Waals surface area (Å²) in [5.74, 6) is 1.68. The average Bonchev–Trinajstić information content (AvgIpc) is 3.31. The normalized spacial score (nSPS) is 13.3. The Morgan fingerprint density at radius 1 is 1.21 bits per heavy atom. The molecule has 1 aliphatic rings. The van der Waals surface area contributed by atoms with Crippen LogP contribution >= 0.6 is 11.3 Å². The predicted molar refractivity (Wildman–Crippen MR) is 110 cm³/mol. The molecule has 1 amide bonds. The molecule has 1 N–H and O–H groups in total. The van der Waals surface area contributed by atoms with Gasteiger partial charge in [0.2, 0.25) is 12.7 Å². The number of ether oxygens (including phenoxy) is 2. The summed E-state index contributed by atoms with van der Waals surface area (Å²) in [6, 6.07) is 13.1. The number of hydrogen-bond acceptors (Lipinski definition) is 6. The molecule has 2 heterocycles. The summed E-state index contributed by atoms with van der Waals surface area (Å²) in [5, 5.41) is 5.61. The van der Waals surface area contributed by atoms with Gasteiger partial charge in [0, 0.05) is 33.7 Å². The summed E-state index contributed by atoms with van der Waals surface area (Å²) in [4.78, 5) is 17.0. The maximum Gasteiger partial charge on any atom is 0.231 e. The summed E-state index contributed by atoms with van der Waals surface area (Å²) in [7, 11) is -0.979. The fourth-order valence-electron chi connectivity index (χ4n) is 2.90. The first-order valence-electron chi connectivity index (χ1n) is 8.61. The van der Waals surface area contributed by atoms with E-state index >= 15 is 0 Å². The number of nitrogens with zero attached hydrogens (tertiary/aromatic N) is 1. The van der Waals surface area contributed by atoms with Crippen molar-refractivity contribution in [1.29, 1.82) is 0 Å². The molecule has 1 aromatic heterocycles. The molecule has 144 valence electrons. The van der Waals surface area contributed by atoms with E-state index < -0.39 is 10.8 Å². The highest BCUT2D eigenvalue weighted by Gasteiger charge is 2.16. The third-order valence-corrected chi connectivity index (χ3v) is 5.82. The Bertz CT molecular complexity index is 1050. The third-order valence-electron chi connectivity index (χ3n) is 4.16. The van der Waals surface area contributed by atoms with Crippen molar-refractivity contribution >= 4 is 33.7 Å². The van der Waals surface area contributed by atoms with Crippen LogP contribution in [0.25, 0.3) is 10.6 Å². The number of benzene rings is 2. The number of aromatic nitrogens is 1. The Balaban J connectivity index is 1.44. The SMILES string of the molecule is C[S@](=O)Cc1ccccc1NC(=O)Cc1csc(-c2ccc3c(c2)OCO3)n1. The number of para-hydroxylation sites is 1. The van der Waals surface area contributed by atoms with Crippen molar-refractivity contribution in [3.05, 3.63) is 59.1 Å². The number of nitrogens with one attached hydrogen (secondary N) is 1. The van der Waals surface area contributed by atoms with Crippen LogP contribution in [-0.2, 0) is 27.8 Å². The number of thiazole rings is 1. The first-order valence-corrected chi connectivity index (χ1v) is 11.2. The number of fused-ring (bicyclic) bond motifs is 1. The fourth-order valence-corrected chi connectivity index (χ4v) is 4.40. The van der Waals surface area contributed by atoms with Crippen LogP contribution in [0.2, 0.25) is 0 Å². The standard InChI is InChI=1S/C20H18N2O4S2/c1-28(24)11-14-4-2-3-5-16(14)22-19(23)9-15-10-27-20(21-15)13-6-7-17-18(8-13)26-12-25-17/h2-8,10H,9,11-12H2,1H3,(H,22,23)/t28-/m0/s1. The van der Waals surface area contributed by atoms with Crippen LogP contribution in [0.3, 0.4) is 0 Å². The summed E-state index contributed by atoms with van der Waals surface area (Å²) >= 11 is 1.48. The van der Waals surface area contributed by atoms with Crippen molar-refractivity contribution in [3.8, 4) is 22.1 Å². The Hall–Kier alpha value is -2.71. The van der Waals surface area contributed by atoms with E-state index in [4.69, 9.17) is 9.47 Å². The molecule has 8 heteroatoms. The lowest BCUT2D eigenvalue weighted by atomic mass is 10.2. The molecule has 0 fully saturated rings. The minimum absolute atomic E-state index is 0.156. The van der Waals surface area contributed by atoms with Gasteiger partial charge in [-0.05, 0) is 29.8 Å². The van der Waals surface area contributed by atoms with Crippen LogP contribution < -0.4 is 14.8 Å². The molecule has 28 heavy (non-hydrogen) atoms. The molecule has 0 bridgehead atoms. The van der Waals surface area contributed by atoms with Gasteiger partial charge >= 0.3 is 0 Å². The minimum atomic E-state index is -0.979. The zero-order valence-electron chi connectivity index (χ0n) is 15.1. The van der Waals surface area contributed by atoms with Gasteiger partial charge in [-0.25, -0.2) is 4.98 Å². The summed E-state index contributed by atoms with van der Waals surface area (Å²) in [6.45, 7) is 0.231. The Morgan fingerprint density at radius 2 is 2.04 bits per heavy atom. The van der Waals surface area contributed by atoms with E-state index in [9.17, 15) is 9.00 Å². The lowest BCUT2D eigenvalue weighted by Gasteiger charge is -2.09. The van der Waals surface area contributed by atoms with Gasteiger partial charge in [-0.3, -0.25) is 9.00 Å². The molecule has 0 spiro atoms. The molecular weight excluding hydrogens is 396 g/mol. The highest BCUT2D eigenvalue weighted by molar-refractivity contribution is 7.83. The number of amides is 1. The van der Waals surface area contributed by atoms with E-state index in [1.165, 1.54) is 11.3 Å². The molecule has 0 radical (unpaired) electrons. The Labute approximate surface area is 169 Å². The molecule has 0 saturated carbocycles. The van der Waals surface area contributed by atoms with Crippen molar-refractivity contribution in [2.75, 3.05) is 18.4 Å². The number of hydrogen-bond donors (Lipinski definition) is 1. The number of rotatable bonds is 6. The van der Waals surface area contributed by atoms with Crippen molar-refractivity contribution in [2.45, 2.75) is 12.2 Å². The number of carbonyl (C=O) groups excluding carboxylic acids is 1. The monoisotopic (exact) mass is 414 g/mol. The Kier molecular flexibility index (Phi) is 5.40. The molecular formula is C20H18N2O4S2. The van der Waals surface area contributed by atoms with Crippen molar-refractivity contribution < 1.29 is 18.5 Å². The predicted octanol–water partition coefficient (Wildman–Crippen LogP) is 3.60. The molecule has 3 aromatic rings. The smallest absolute Gasteiger partial charge is 0.231 e. The summed E-state index contributed by atoms with van der Waals surface area (Å²) in [5.41, 5.74) is 3.17. The van der Waals surface area contributed by atoms with Gasteiger partial charge in [-0.2, -0.15) is 0 Å². The highest BCUT2D eigenvalue weighted by Crippen LogP contribution is 2.36. The van der Waals surface area contributed by atoms with Crippen LogP contribution in [0, 0.1) is 0 Å². The van der Waals surface area contributed by atoms with E-state index in [0.29, 0.717) is 22.9 Å². The van der Waals surface area contributed by atoms with Crippen LogP contribution in [0.1, 0.15) is 11.3 Å². The van der Waals surface area contributed by atoms with Crippen LogP contribution in [0.15, 0.2) is 47.8 Å². The second-order valence-electron chi connectivity index (χ2n) is 6.31. The zero-order chi connectivity index (χ0) is 19.5. The topological polar surface area (TPSA) is 77.5 Å². The van der Waals surface area contributed by atoms with Crippen molar-refractivity contribution in [3.63, 3.8) is 0 Å². The van der Waals surface area contributed by atoms with Crippen LogP contribution in [0.4, 0.5) is 5.69 Å². The van der Waals surface area contributed by atoms with E-state index in [0.717, 1.165) is 21.9 Å². The maximum atomic E-state index is 12.5. The average molecular weight is 415 g/mol. The lowest BCUT2D eigenvalue weighted by molar-refractivity contribution is -0.115. The molecule has 0 unspecified atom stereocenters. The molecule has 4 rings (SSSR count). The minimum Gasteiger partial charge on any atom is -0.454 e. The Morgan fingerprint density at radius 3 is 2.89 bits per heavy atom. The second kappa shape index (κ2) is 8.12. The van der Waals surface area contributed by atoms with E-state index in [2.05, 4.69) is 10.3 Å². The molecule has 1 atom stereocenters. The van der Waals surface area contributed by atoms with Crippen LogP contribution in [-0.4, -0.2) is 28.1 Å². The zero-order valence-corrected chi connectivity index (χ0v) is 16.8. The van der Waals surface area contributed by atoms with E-state index in [-0.39, 0.29) is 19.1 Å². The molecule has 0 saturated heterocycles. The first-order chi connectivity index (χ1) is 13.6. The molecule has 2 aromatic carbocycles. The molecule has 0 aliphatic carbocycles. The largest absolute Gasteiger partial charge is 0.454 e. The van der Waals surface area contributed by atoms with E-state index in [1.54, 1.807) is 6.26 Å². The molecule has 1 aliphatic heterocycles. The number of carbonyl (C=O) groups is 1.